The molecule has 1 aliphatic rings. The Kier molecular flexibility index (Phi) is 3.92. The quantitative estimate of drug-likeness (QED) is 0.902. The molecule has 1 aliphatic heterocycles. The monoisotopic (exact) mass is 275 g/mol. The molecule has 0 amide bonds. The molecule has 0 aliphatic carbocycles. The van der Waals surface area contributed by atoms with Gasteiger partial charge in [0.1, 0.15) is 0 Å². The molecule has 1 aromatic carbocycles. The second-order valence-electron chi connectivity index (χ2n) is 4.65. The van der Waals surface area contributed by atoms with E-state index in [1.165, 1.54) is 12.1 Å². The molecule has 2 atom stereocenters. The van der Waals surface area contributed by atoms with E-state index >= 15 is 0 Å². The van der Waals surface area contributed by atoms with Crippen molar-refractivity contribution < 1.29 is 13.2 Å². The number of hydrogen-bond acceptors (Lipinski definition) is 2. The van der Waals surface area contributed by atoms with Crippen molar-refractivity contribution in [3.05, 3.63) is 29.3 Å². The molecular weight excluding hydrogens is 259 g/mol. The van der Waals surface area contributed by atoms with Crippen LogP contribution in [-0.2, 0) is 12.6 Å². The van der Waals surface area contributed by atoms with Crippen LogP contribution < -0.4 is 5.32 Å². The number of benzene rings is 1. The van der Waals surface area contributed by atoms with Gasteiger partial charge in [-0.3, -0.25) is 0 Å². The van der Waals surface area contributed by atoms with Gasteiger partial charge in [-0.15, -0.1) is 11.8 Å². The number of nitrogens with one attached hydrogen (secondary N) is 1. The van der Waals surface area contributed by atoms with Crippen molar-refractivity contribution in [1.82, 2.24) is 5.32 Å². The minimum absolute atomic E-state index is 0.242. The second kappa shape index (κ2) is 5.13. The van der Waals surface area contributed by atoms with Crippen LogP contribution in [0.4, 0.5) is 13.2 Å². The van der Waals surface area contributed by atoms with E-state index in [4.69, 9.17) is 0 Å². The summed E-state index contributed by atoms with van der Waals surface area (Å²) in [6.07, 6.45) is -2.84. The summed E-state index contributed by atoms with van der Waals surface area (Å²) in [6, 6.07) is 4.80. The van der Waals surface area contributed by atoms with Gasteiger partial charge >= 0.3 is 6.18 Å². The second-order valence-corrected chi connectivity index (χ2v) is 5.99. The van der Waals surface area contributed by atoms with E-state index in [2.05, 4.69) is 5.32 Å². The molecule has 0 fully saturated rings. The van der Waals surface area contributed by atoms with Crippen LogP contribution in [0.25, 0.3) is 0 Å². The highest BCUT2D eigenvalue weighted by atomic mass is 32.2. The van der Waals surface area contributed by atoms with E-state index in [0.717, 1.165) is 11.3 Å². The Bertz CT molecular complexity index is 431. The Morgan fingerprint density at radius 3 is 2.78 bits per heavy atom. The molecule has 1 heterocycles. The lowest BCUT2D eigenvalue weighted by atomic mass is 10.00. The summed E-state index contributed by atoms with van der Waals surface area (Å²) in [4.78, 5) is 0.790. The van der Waals surface area contributed by atoms with Crippen LogP contribution in [0.2, 0.25) is 0 Å². The minimum atomic E-state index is -4.24. The number of rotatable bonds is 3. The van der Waals surface area contributed by atoms with Crippen molar-refractivity contribution >= 4 is 11.8 Å². The largest absolute Gasteiger partial charge is 0.416 e. The van der Waals surface area contributed by atoms with Crippen LogP contribution in [0.3, 0.4) is 0 Å². The van der Waals surface area contributed by atoms with Crippen LogP contribution in [0.1, 0.15) is 24.5 Å². The Hall–Kier alpha value is -0.680. The third-order valence-corrected chi connectivity index (χ3v) is 4.60. The van der Waals surface area contributed by atoms with Crippen molar-refractivity contribution in [2.45, 2.75) is 42.1 Å². The first-order valence-corrected chi connectivity index (χ1v) is 6.82. The van der Waals surface area contributed by atoms with Crippen molar-refractivity contribution in [2.24, 2.45) is 0 Å². The van der Waals surface area contributed by atoms with Crippen molar-refractivity contribution in [2.75, 3.05) is 7.05 Å². The van der Waals surface area contributed by atoms with Gasteiger partial charge < -0.3 is 5.32 Å². The van der Waals surface area contributed by atoms with Gasteiger partial charge in [-0.25, -0.2) is 0 Å². The van der Waals surface area contributed by atoms with E-state index < -0.39 is 11.7 Å². The Morgan fingerprint density at radius 1 is 1.44 bits per heavy atom. The number of thioether (sulfide) groups is 1. The van der Waals surface area contributed by atoms with Gasteiger partial charge in [0.2, 0.25) is 0 Å². The van der Waals surface area contributed by atoms with E-state index in [1.807, 2.05) is 14.0 Å². The lowest BCUT2D eigenvalue weighted by Gasteiger charge is -2.14. The fourth-order valence-corrected chi connectivity index (χ4v) is 3.73. The first-order valence-electron chi connectivity index (χ1n) is 5.95. The number of fused-ring (bicyclic) bond motifs is 1. The third-order valence-electron chi connectivity index (χ3n) is 3.27. The predicted molar refractivity (Wildman–Crippen MR) is 67.9 cm³/mol. The first-order chi connectivity index (χ1) is 8.41. The normalized spacial score (nSPS) is 20.8. The summed E-state index contributed by atoms with van der Waals surface area (Å²) >= 11 is 1.57. The summed E-state index contributed by atoms with van der Waals surface area (Å²) < 4.78 is 38.6. The van der Waals surface area contributed by atoms with Gasteiger partial charge in [0.15, 0.2) is 0 Å². The number of halogens is 3. The fourth-order valence-electron chi connectivity index (χ4n) is 2.24. The molecule has 5 heteroatoms. The lowest BCUT2D eigenvalue weighted by Crippen LogP contribution is -2.25. The van der Waals surface area contributed by atoms with E-state index in [1.54, 1.807) is 17.8 Å². The molecule has 0 saturated carbocycles. The molecule has 0 aromatic heterocycles. The van der Waals surface area contributed by atoms with Crippen LogP contribution >= 0.6 is 11.8 Å². The molecule has 0 radical (unpaired) electrons. The van der Waals surface area contributed by atoms with E-state index in [9.17, 15) is 13.2 Å². The van der Waals surface area contributed by atoms with Crippen molar-refractivity contribution in [1.29, 1.82) is 0 Å². The van der Waals surface area contributed by atoms with Crippen LogP contribution in [0, 0.1) is 0 Å². The highest BCUT2D eigenvalue weighted by Crippen LogP contribution is 2.44. The fraction of sp³-hybridized carbons (Fsp3) is 0.538. The molecule has 0 saturated heterocycles. The average Bonchev–Trinajstić information content (AvgIpc) is 2.68. The first kappa shape index (κ1) is 13.7. The minimum Gasteiger partial charge on any atom is -0.317 e. The maximum absolute atomic E-state index is 12.9. The van der Waals surface area contributed by atoms with Crippen molar-refractivity contribution in [3.63, 3.8) is 0 Å². The van der Waals surface area contributed by atoms with Crippen LogP contribution in [0.5, 0.6) is 0 Å². The lowest BCUT2D eigenvalue weighted by molar-refractivity contribution is -0.138. The molecule has 0 bridgehead atoms. The molecule has 2 unspecified atom stereocenters. The maximum Gasteiger partial charge on any atom is 0.416 e. The molecular formula is C13H16F3NS. The molecule has 18 heavy (non-hydrogen) atoms. The Labute approximate surface area is 109 Å². The highest BCUT2D eigenvalue weighted by Gasteiger charge is 2.37. The zero-order valence-corrected chi connectivity index (χ0v) is 11.2. The average molecular weight is 275 g/mol. The van der Waals surface area contributed by atoms with Gasteiger partial charge in [-0.2, -0.15) is 13.2 Å². The van der Waals surface area contributed by atoms with E-state index in [-0.39, 0.29) is 5.25 Å². The summed E-state index contributed by atoms with van der Waals surface area (Å²) in [5, 5.41) is 3.37. The number of hydrogen-bond donors (Lipinski definition) is 1. The van der Waals surface area contributed by atoms with Gasteiger partial charge in [-0.1, -0.05) is 6.07 Å². The summed E-state index contributed by atoms with van der Waals surface area (Å²) in [5.41, 5.74) is 0.00964. The smallest absolute Gasteiger partial charge is 0.317 e. The number of alkyl halides is 3. The third kappa shape index (κ3) is 2.83. The van der Waals surface area contributed by atoms with Gasteiger partial charge in [0, 0.05) is 16.2 Å². The molecule has 100 valence electrons. The Balaban J connectivity index is 2.19. The molecule has 0 spiro atoms. The molecule has 1 N–H and O–H groups in total. The highest BCUT2D eigenvalue weighted by molar-refractivity contribution is 8.00. The van der Waals surface area contributed by atoms with Gasteiger partial charge in [0.25, 0.3) is 0 Å². The summed E-state index contributed by atoms with van der Waals surface area (Å²) in [7, 11) is 1.87. The predicted octanol–water partition coefficient (Wildman–Crippen LogP) is 3.72. The van der Waals surface area contributed by atoms with Gasteiger partial charge in [-0.05, 0) is 44.5 Å². The van der Waals surface area contributed by atoms with Crippen LogP contribution in [-0.4, -0.2) is 18.3 Å². The maximum atomic E-state index is 12.9. The van der Waals surface area contributed by atoms with Gasteiger partial charge in [0.05, 0.1) is 5.56 Å². The molecule has 2 rings (SSSR count). The molecule has 1 nitrogen and oxygen atoms in total. The van der Waals surface area contributed by atoms with Crippen molar-refractivity contribution in [3.8, 4) is 0 Å². The molecule has 1 aromatic rings. The topological polar surface area (TPSA) is 12.0 Å². The van der Waals surface area contributed by atoms with E-state index in [0.29, 0.717) is 18.0 Å². The standard InChI is InChI=1S/C13H16F3NS/c1-8(17-2)6-9-7-10-11(13(14,15)16)4-3-5-12(10)18-9/h3-5,8-9,17H,6-7H2,1-2H3. The zero-order valence-electron chi connectivity index (χ0n) is 10.3. The zero-order chi connectivity index (χ0) is 13.3. The van der Waals surface area contributed by atoms with Crippen LogP contribution in [0.15, 0.2) is 23.1 Å². The SMILES string of the molecule is CNC(C)CC1Cc2c(cccc2C(F)(F)F)S1. The summed E-state index contributed by atoms with van der Waals surface area (Å²) in [5.74, 6) is 0. The summed E-state index contributed by atoms with van der Waals surface area (Å²) in [6.45, 7) is 2.05. The Morgan fingerprint density at radius 2 is 2.17 bits per heavy atom.